The van der Waals surface area contributed by atoms with Crippen molar-refractivity contribution in [2.75, 3.05) is 7.05 Å². The highest BCUT2D eigenvalue weighted by Gasteiger charge is 2.44. The van der Waals surface area contributed by atoms with Crippen LogP contribution in [0.1, 0.15) is 36.1 Å². The molecule has 0 spiro atoms. The van der Waals surface area contributed by atoms with E-state index in [1.807, 2.05) is 11.3 Å². The van der Waals surface area contributed by atoms with Crippen LogP contribution in [-0.2, 0) is 11.8 Å². The van der Waals surface area contributed by atoms with E-state index in [2.05, 4.69) is 60.2 Å². The van der Waals surface area contributed by atoms with Gasteiger partial charge >= 0.3 is 0 Å². The molecule has 0 saturated heterocycles. The van der Waals surface area contributed by atoms with Crippen LogP contribution in [0.5, 0.6) is 0 Å². The Morgan fingerprint density at radius 2 is 1.95 bits per heavy atom. The predicted molar refractivity (Wildman–Crippen MR) is 87.5 cm³/mol. The molecule has 1 saturated carbocycles. The molecule has 1 N–H and O–H groups in total. The number of hydrogen-bond acceptors (Lipinski definition) is 2. The number of hydrogen-bond donors (Lipinski definition) is 1. The molecule has 0 aliphatic heterocycles. The number of likely N-dealkylation sites (N-methyl/N-ethyl adjacent to an activating group) is 1. The Morgan fingerprint density at radius 3 is 2.50 bits per heavy atom. The van der Waals surface area contributed by atoms with Gasteiger partial charge in [0.2, 0.25) is 0 Å². The molecule has 1 aromatic carbocycles. The molecule has 0 radical (unpaired) electrons. The number of thiophene rings is 1. The molecule has 106 valence electrons. The minimum absolute atomic E-state index is 0.368. The number of rotatable bonds is 6. The molecule has 1 aliphatic rings. The summed E-state index contributed by atoms with van der Waals surface area (Å²) < 4.78 is 0. The van der Waals surface area contributed by atoms with Gasteiger partial charge in [0, 0.05) is 16.3 Å². The Balaban J connectivity index is 1.76. The van der Waals surface area contributed by atoms with Crippen LogP contribution in [0.15, 0.2) is 47.8 Å². The quantitative estimate of drug-likeness (QED) is 0.830. The van der Waals surface area contributed by atoms with Crippen LogP contribution in [0.2, 0.25) is 0 Å². The summed E-state index contributed by atoms with van der Waals surface area (Å²) >= 11 is 1.88. The maximum Gasteiger partial charge on any atom is 0.0164 e. The van der Waals surface area contributed by atoms with E-state index in [1.54, 1.807) is 0 Å². The Labute approximate surface area is 126 Å². The average molecular weight is 285 g/mol. The second kappa shape index (κ2) is 6.11. The predicted octanol–water partition coefficient (Wildman–Crippen LogP) is 4.39. The van der Waals surface area contributed by atoms with Crippen LogP contribution >= 0.6 is 11.3 Å². The lowest BCUT2D eigenvalue weighted by atomic mass is 9.59. The number of benzene rings is 1. The minimum Gasteiger partial charge on any atom is -0.316 e. The van der Waals surface area contributed by atoms with Crippen molar-refractivity contribution in [2.45, 2.75) is 43.6 Å². The fourth-order valence-corrected chi connectivity index (χ4v) is 4.33. The van der Waals surface area contributed by atoms with Crippen LogP contribution in [0.4, 0.5) is 0 Å². The molecule has 1 atom stereocenters. The largest absolute Gasteiger partial charge is 0.316 e. The van der Waals surface area contributed by atoms with E-state index in [0.29, 0.717) is 11.5 Å². The van der Waals surface area contributed by atoms with Crippen LogP contribution in [0, 0.1) is 0 Å². The van der Waals surface area contributed by atoms with E-state index in [9.17, 15) is 0 Å². The first-order valence-corrected chi connectivity index (χ1v) is 8.48. The van der Waals surface area contributed by atoms with Gasteiger partial charge < -0.3 is 5.32 Å². The molecule has 1 fully saturated rings. The van der Waals surface area contributed by atoms with Crippen LogP contribution < -0.4 is 5.32 Å². The molecule has 3 rings (SSSR count). The molecule has 1 unspecified atom stereocenters. The zero-order valence-electron chi connectivity index (χ0n) is 12.1. The van der Waals surface area contributed by atoms with Crippen LogP contribution in [0.3, 0.4) is 0 Å². The fraction of sp³-hybridized carbons (Fsp3) is 0.444. The second-order valence-electron chi connectivity index (χ2n) is 5.84. The lowest BCUT2D eigenvalue weighted by molar-refractivity contribution is 0.168. The van der Waals surface area contributed by atoms with Crippen molar-refractivity contribution in [2.24, 2.45) is 0 Å². The lowest BCUT2D eigenvalue weighted by Crippen LogP contribution is -2.51. The Hall–Kier alpha value is -1.12. The highest BCUT2D eigenvalue weighted by molar-refractivity contribution is 7.09. The van der Waals surface area contributed by atoms with Crippen molar-refractivity contribution in [1.82, 2.24) is 5.32 Å². The third-order valence-electron chi connectivity index (χ3n) is 4.87. The van der Waals surface area contributed by atoms with Gasteiger partial charge in [0.1, 0.15) is 0 Å². The normalized spacial score (nSPS) is 18.4. The first kappa shape index (κ1) is 13.8. The van der Waals surface area contributed by atoms with E-state index in [0.717, 1.165) is 0 Å². The maximum absolute atomic E-state index is 3.61. The molecular formula is C18H23NS. The van der Waals surface area contributed by atoms with Gasteiger partial charge in [-0.1, -0.05) is 42.8 Å². The van der Waals surface area contributed by atoms with Crippen LogP contribution in [0.25, 0.3) is 0 Å². The van der Waals surface area contributed by atoms with Gasteiger partial charge in [-0.3, -0.25) is 0 Å². The summed E-state index contributed by atoms with van der Waals surface area (Å²) in [5.41, 5.74) is 1.89. The number of nitrogens with one attached hydrogen (secondary N) is 1. The van der Waals surface area contributed by atoms with Crippen molar-refractivity contribution in [3.05, 3.63) is 58.3 Å². The molecular weight excluding hydrogens is 262 g/mol. The van der Waals surface area contributed by atoms with Gasteiger partial charge in [-0.25, -0.2) is 0 Å². The Bertz CT molecular complexity index is 514. The Kier molecular flexibility index (Phi) is 4.23. The van der Waals surface area contributed by atoms with Gasteiger partial charge in [0.25, 0.3) is 0 Å². The summed E-state index contributed by atoms with van der Waals surface area (Å²) in [4.78, 5) is 1.51. The summed E-state index contributed by atoms with van der Waals surface area (Å²) in [6, 6.07) is 16.1. The number of aryl methyl sites for hydroxylation is 1. The highest BCUT2D eigenvalue weighted by Crippen LogP contribution is 2.47. The van der Waals surface area contributed by atoms with Gasteiger partial charge in [-0.05, 0) is 49.7 Å². The zero-order valence-corrected chi connectivity index (χ0v) is 13.0. The van der Waals surface area contributed by atoms with Crippen LogP contribution in [-0.4, -0.2) is 13.1 Å². The van der Waals surface area contributed by atoms with Gasteiger partial charge in [0.05, 0.1) is 0 Å². The summed E-state index contributed by atoms with van der Waals surface area (Å²) in [6.45, 7) is 0. The summed E-state index contributed by atoms with van der Waals surface area (Å²) in [5.74, 6) is 0. The van der Waals surface area contributed by atoms with E-state index in [4.69, 9.17) is 0 Å². The van der Waals surface area contributed by atoms with Crippen molar-refractivity contribution < 1.29 is 0 Å². The smallest absolute Gasteiger partial charge is 0.0164 e. The van der Waals surface area contributed by atoms with E-state index in [1.165, 1.54) is 42.5 Å². The van der Waals surface area contributed by atoms with Gasteiger partial charge in [-0.2, -0.15) is 0 Å². The van der Waals surface area contributed by atoms with Crippen molar-refractivity contribution >= 4 is 11.3 Å². The van der Waals surface area contributed by atoms with E-state index in [-0.39, 0.29) is 0 Å². The fourth-order valence-electron chi connectivity index (χ4n) is 3.60. The first-order valence-electron chi connectivity index (χ1n) is 7.60. The molecule has 2 aromatic rings. The first-order chi connectivity index (χ1) is 9.85. The molecule has 1 aliphatic carbocycles. The molecule has 0 bridgehead atoms. The Morgan fingerprint density at radius 1 is 1.15 bits per heavy atom. The highest BCUT2D eigenvalue weighted by atomic mass is 32.1. The maximum atomic E-state index is 3.61. The third-order valence-corrected chi connectivity index (χ3v) is 5.81. The molecule has 1 heterocycles. The van der Waals surface area contributed by atoms with Gasteiger partial charge in [-0.15, -0.1) is 11.3 Å². The lowest BCUT2D eigenvalue weighted by Gasteiger charge is -2.48. The standard InChI is InChI=1S/C18H23NS/c1-19-17(11-10-16-9-5-14-20-16)18(12-6-13-18)15-7-3-2-4-8-15/h2-5,7-9,14,17,19H,6,10-13H2,1H3. The molecule has 20 heavy (non-hydrogen) atoms. The SMILES string of the molecule is CNC(CCc1cccs1)C1(c2ccccc2)CCC1. The zero-order chi connectivity index (χ0) is 13.8. The van der Waals surface area contributed by atoms with Crippen molar-refractivity contribution in [1.29, 1.82) is 0 Å². The molecule has 0 amide bonds. The van der Waals surface area contributed by atoms with E-state index >= 15 is 0 Å². The average Bonchev–Trinajstić information content (AvgIpc) is 2.95. The summed E-state index contributed by atoms with van der Waals surface area (Å²) in [7, 11) is 2.13. The summed E-state index contributed by atoms with van der Waals surface area (Å²) in [5, 5.41) is 5.79. The minimum atomic E-state index is 0.368. The summed E-state index contributed by atoms with van der Waals surface area (Å²) in [6.07, 6.45) is 6.44. The van der Waals surface area contributed by atoms with Gasteiger partial charge in [0.15, 0.2) is 0 Å². The van der Waals surface area contributed by atoms with E-state index < -0.39 is 0 Å². The third kappa shape index (κ3) is 2.55. The molecule has 1 nitrogen and oxygen atoms in total. The monoisotopic (exact) mass is 285 g/mol. The second-order valence-corrected chi connectivity index (χ2v) is 6.87. The molecule has 1 aromatic heterocycles. The topological polar surface area (TPSA) is 12.0 Å². The molecule has 2 heteroatoms. The van der Waals surface area contributed by atoms with Crippen molar-refractivity contribution in [3.8, 4) is 0 Å². The van der Waals surface area contributed by atoms with Crippen molar-refractivity contribution in [3.63, 3.8) is 0 Å².